The number of hydrogen-bond donors (Lipinski definition) is 4. The van der Waals surface area contributed by atoms with Gasteiger partial charge in [0.25, 0.3) is 11.8 Å². The number of benzene rings is 1. The summed E-state index contributed by atoms with van der Waals surface area (Å²) >= 11 is 0. The summed E-state index contributed by atoms with van der Waals surface area (Å²) in [4.78, 5) is 23.6. The molecule has 3 atom stereocenters. The van der Waals surface area contributed by atoms with Gasteiger partial charge in [-0.2, -0.15) is 0 Å². The van der Waals surface area contributed by atoms with Gasteiger partial charge >= 0.3 is 0 Å². The molecule has 0 spiro atoms. The molecule has 1 aromatic rings. The Hall–Kier alpha value is -2.50. The van der Waals surface area contributed by atoms with Gasteiger partial charge < -0.3 is 10.4 Å². The molecule has 1 rings (SSSR count). The molecule has 24 heavy (non-hydrogen) atoms. The number of hydroxylamine groups is 1. The second kappa shape index (κ2) is 8.96. The number of carbonyl (C=O) groups is 2. The van der Waals surface area contributed by atoms with Crippen LogP contribution in [0.5, 0.6) is 0 Å². The fraction of sp³-hybridized carbons (Fsp3) is 0.375. The average molecular weight is 340 g/mol. The molecule has 2 amide bonds. The Labute approximate surface area is 137 Å². The Morgan fingerprint density at radius 3 is 2.21 bits per heavy atom. The lowest BCUT2D eigenvalue weighted by atomic mass is 10.0. The summed E-state index contributed by atoms with van der Waals surface area (Å²) in [6, 6.07) is 4.26. The number of rotatable bonds is 5. The molecule has 0 aromatic heterocycles. The third kappa shape index (κ3) is 5.61. The smallest absolute Gasteiger partial charge is 0.266 e. The van der Waals surface area contributed by atoms with Gasteiger partial charge in [-0.1, -0.05) is 18.8 Å². The Morgan fingerprint density at radius 1 is 1.17 bits per heavy atom. The summed E-state index contributed by atoms with van der Waals surface area (Å²) in [5.41, 5.74) is 1.95. The molecule has 0 aliphatic heterocycles. The number of halogens is 2. The van der Waals surface area contributed by atoms with E-state index < -0.39 is 36.3 Å². The molecule has 0 fully saturated rings. The van der Waals surface area contributed by atoms with E-state index in [1.807, 2.05) is 0 Å². The second-order valence-corrected chi connectivity index (χ2v) is 5.14. The van der Waals surface area contributed by atoms with E-state index in [0.29, 0.717) is 5.56 Å². The van der Waals surface area contributed by atoms with Crippen LogP contribution in [-0.2, 0) is 4.79 Å². The molecule has 6 nitrogen and oxygen atoms in total. The largest absolute Gasteiger partial charge is 0.381 e. The minimum atomic E-state index is -2.86. The van der Waals surface area contributed by atoms with Gasteiger partial charge in [-0.3, -0.25) is 14.8 Å². The highest BCUT2D eigenvalue weighted by Gasteiger charge is 2.32. The van der Waals surface area contributed by atoms with Crippen LogP contribution in [-0.4, -0.2) is 40.7 Å². The predicted molar refractivity (Wildman–Crippen MR) is 81.4 cm³/mol. The first-order chi connectivity index (χ1) is 11.3. The maximum absolute atomic E-state index is 12.8. The van der Waals surface area contributed by atoms with Gasteiger partial charge in [0.05, 0.1) is 0 Å². The maximum Gasteiger partial charge on any atom is 0.266 e. The van der Waals surface area contributed by atoms with Crippen molar-refractivity contribution in [2.24, 2.45) is 5.92 Å². The first-order valence-electron chi connectivity index (χ1n) is 7.09. The van der Waals surface area contributed by atoms with E-state index >= 15 is 0 Å². The summed E-state index contributed by atoms with van der Waals surface area (Å²) in [5.74, 6) is 1.85. The van der Waals surface area contributed by atoms with Crippen molar-refractivity contribution in [3.63, 3.8) is 0 Å². The third-order valence-electron chi connectivity index (χ3n) is 3.17. The Balaban J connectivity index is 2.88. The van der Waals surface area contributed by atoms with E-state index in [9.17, 15) is 18.4 Å². The van der Waals surface area contributed by atoms with Crippen molar-refractivity contribution in [3.8, 4) is 11.8 Å². The number of nitrogens with one attached hydrogen (secondary N) is 2. The number of carbonyl (C=O) groups excluding carboxylic acids is 2. The van der Waals surface area contributed by atoms with Crippen LogP contribution in [0, 0.1) is 17.8 Å². The van der Waals surface area contributed by atoms with Crippen LogP contribution in [0.25, 0.3) is 0 Å². The van der Waals surface area contributed by atoms with E-state index in [1.54, 1.807) is 0 Å². The highest BCUT2D eigenvalue weighted by molar-refractivity contribution is 5.97. The lowest BCUT2D eigenvalue weighted by molar-refractivity contribution is -0.134. The fourth-order valence-corrected chi connectivity index (χ4v) is 1.77. The number of amides is 2. The average Bonchev–Trinajstić information content (AvgIpc) is 2.56. The number of aliphatic hydroxyl groups is 1. The summed E-state index contributed by atoms with van der Waals surface area (Å²) in [7, 11) is 0. The predicted octanol–water partition coefficient (Wildman–Crippen LogP) is 0.924. The van der Waals surface area contributed by atoms with Gasteiger partial charge in [-0.15, -0.1) is 0 Å². The standard InChI is InChI=1S/C16H18F2N2O4/c1-9(21)3-4-11-5-7-12(8-6-11)15(22)19-13(16(23)20-24)10(2)14(17)18/h5-10,13-14,21,24H,1-2H3,(H,19,22)(H,20,23). The van der Waals surface area contributed by atoms with Crippen molar-refractivity contribution in [1.82, 2.24) is 10.8 Å². The SMILES string of the molecule is CC(O)C#Cc1ccc(C(=O)NC(C(=O)NO)C(C)C(F)F)cc1. The normalized spacial score (nSPS) is 14.1. The van der Waals surface area contributed by atoms with Gasteiger partial charge in [-0.25, -0.2) is 14.3 Å². The Kier molecular flexibility index (Phi) is 7.30. The van der Waals surface area contributed by atoms with Crippen LogP contribution >= 0.6 is 0 Å². The van der Waals surface area contributed by atoms with E-state index in [1.165, 1.54) is 36.7 Å². The summed E-state index contributed by atoms with van der Waals surface area (Å²) < 4.78 is 25.6. The zero-order valence-electron chi connectivity index (χ0n) is 13.1. The zero-order valence-corrected chi connectivity index (χ0v) is 13.1. The zero-order chi connectivity index (χ0) is 18.3. The molecule has 130 valence electrons. The number of aliphatic hydroxyl groups excluding tert-OH is 1. The van der Waals surface area contributed by atoms with Crippen molar-refractivity contribution >= 4 is 11.8 Å². The monoisotopic (exact) mass is 340 g/mol. The summed E-state index contributed by atoms with van der Waals surface area (Å²) in [6.07, 6.45) is -3.65. The first-order valence-corrected chi connectivity index (χ1v) is 7.09. The molecule has 0 radical (unpaired) electrons. The summed E-state index contributed by atoms with van der Waals surface area (Å²) in [5, 5.41) is 19.9. The van der Waals surface area contributed by atoms with Crippen molar-refractivity contribution in [1.29, 1.82) is 0 Å². The molecule has 0 saturated heterocycles. The molecule has 0 aliphatic rings. The van der Waals surface area contributed by atoms with E-state index in [2.05, 4.69) is 17.2 Å². The summed E-state index contributed by atoms with van der Waals surface area (Å²) in [6.45, 7) is 2.59. The molecule has 8 heteroatoms. The van der Waals surface area contributed by atoms with Crippen LogP contribution in [0.1, 0.15) is 29.8 Å². The second-order valence-electron chi connectivity index (χ2n) is 5.14. The van der Waals surface area contributed by atoms with Gasteiger partial charge in [0.1, 0.15) is 12.1 Å². The minimum absolute atomic E-state index is 0.134. The first kappa shape index (κ1) is 19.5. The van der Waals surface area contributed by atoms with Crippen molar-refractivity contribution < 1.29 is 28.7 Å². The van der Waals surface area contributed by atoms with Gasteiger partial charge in [0.2, 0.25) is 6.43 Å². The highest BCUT2D eigenvalue weighted by atomic mass is 19.3. The Bertz CT molecular complexity index is 636. The fourth-order valence-electron chi connectivity index (χ4n) is 1.77. The van der Waals surface area contributed by atoms with Gasteiger partial charge in [0, 0.05) is 17.0 Å². The Morgan fingerprint density at radius 2 is 1.75 bits per heavy atom. The third-order valence-corrected chi connectivity index (χ3v) is 3.17. The van der Waals surface area contributed by atoms with Gasteiger partial charge in [-0.05, 0) is 31.2 Å². The van der Waals surface area contributed by atoms with Crippen molar-refractivity contribution in [2.45, 2.75) is 32.4 Å². The van der Waals surface area contributed by atoms with E-state index in [-0.39, 0.29) is 5.56 Å². The number of alkyl halides is 2. The van der Waals surface area contributed by atoms with Crippen molar-refractivity contribution in [2.75, 3.05) is 0 Å². The molecule has 0 saturated carbocycles. The van der Waals surface area contributed by atoms with Crippen LogP contribution in [0.3, 0.4) is 0 Å². The van der Waals surface area contributed by atoms with Gasteiger partial charge in [0.15, 0.2) is 0 Å². The molecular formula is C16H18F2N2O4. The van der Waals surface area contributed by atoms with Crippen LogP contribution in [0.2, 0.25) is 0 Å². The van der Waals surface area contributed by atoms with Crippen LogP contribution < -0.4 is 10.8 Å². The molecule has 3 unspecified atom stereocenters. The topological polar surface area (TPSA) is 98.7 Å². The molecule has 0 bridgehead atoms. The van der Waals surface area contributed by atoms with Crippen molar-refractivity contribution in [3.05, 3.63) is 35.4 Å². The number of hydrogen-bond acceptors (Lipinski definition) is 4. The molecule has 0 aliphatic carbocycles. The lowest BCUT2D eigenvalue weighted by Gasteiger charge is -2.22. The van der Waals surface area contributed by atoms with Crippen LogP contribution in [0.4, 0.5) is 8.78 Å². The minimum Gasteiger partial charge on any atom is -0.381 e. The van der Waals surface area contributed by atoms with E-state index in [4.69, 9.17) is 10.3 Å². The quantitative estimate of drug-likeness (QED) is 0.364. The lowest BCUT2D eigenvalue weighted by Crippen LogP contribution is -2.51. The molecule has 0 heterocycles. The maximum atomic E-state index is 12.8. The van der Waals surface area contributed by atoms with Crippen LogP contribution in [0.15, 0.2) is 24.3 Å². The molecule has 1 aromatic carbocycles. The highest BCUT2D eigenvalue weighted by Crippen LogP contribution is 2.15. The molecule has 4 N–H and O–H groups in total. The molecular weight excluding hydrogens is 322 g/mol. The van der Waals surface area contributed by atoms with E-state index in [0.717, 1.165) is 6.92 Å².